The summed E-state index contributed by atoms with van der Waals surface area (Å²) < 4.78 is 5.14. The Morgan fingerprint density at radius 2 is 1.82 bits per heavy atom. The van der Waals surface area contributed by atoms with Crippen LogP contribution in [0.1, 0.15) is 37.2 Å². The Balaban J connectivity index is 2.17. The summed E-state index contributed by atoms with van der Waals surface area (Å²) in [7, 11) is 1.64. The van der Waals surface area contributed by atoms with E-state index in [1.807, 2.05) is 35.2 Å². The molecule has 0 saturated heterocycles. The summed E-state index contributed by atoms with van der Waals surface area (Å²) in [6, 6.07) is 9.43. The molecule has 1 aromatic heterocycles. The van der Waals surface area contributed by atoms with E-state index in [0.717, 1.165) is 42.9 Å². The molecule has 0 radical (unpaired) electrons. The second-order valence-corrected chi connectivity index (χ2v) is 5.19. The van der Waals surface area contributed by atoms with Gasteiger partial charge in [0.05, 0.1) is 12.8 Å². The first-order chi connectivity index (χ1) is 10.7. The molecule has 0 bridgehead atoms. The van der Waals surface area contributed by atoms with Gasteiger partial charge in [0.15, 0.2) is 0 Å². The maximum Gasteiger partial charge on any atom is 0.271 e. The van der Waals surface area contributed by atoms with Crippen LogP contribution in [0.3, 0.4) is 0 Å². The van der Waals surface area contributed by atoms with Crippen LogP contribution in [0.4, 0.5) is 0 Å². The molecule has 1 amide bonds. The molecule has 0 fully saturated rings. The zero-order valence-corrected chi connectivity index (χ0v) is 13.4. The zero-order valence-electron chi connectivity index (χ0n) is 13.4. The third kappa shape index (κ3) is 3.67. The average Bonchev–Trinajstić information content (AvgIpc) is 3.04. The van der Waals surface area contributed by atoms with Crippen LogP contribution < -0.4 is 4.74 Å². The van der Waals surface area contributed by atoms with Gasteiger partial charge in [-0.2, -0.15) is 5.10 Å². The van der Waals surface area contributed by atoms with Crippen molar-refractivity contribution in [1.82, 2.24) is 15.1 Å². The summed E-state index contributed by atoms with van der Waals surface area (Å²) in [5.41, 5.74) is 2.25. The molecule has 118 valence electrons. The van der Waals surface area contributed by atoms with E-state index in [2.05, 4.69) is 24.0 Å². The molecule has 5 nitrogen and oxygen atoms in total. The van der Waals surface area contributed by atoms with Crippen LogP contribution in [0, 0.1) is 0 Å². The summed E-state index contributed by atoms with van der Waals surface area (Å²) in [6.45, 7) is 5.69. The lowest BCUT2D eigenvalue weighted by Gasteiger charge is -2.20. The van der Waals surface area contributed by atoms with E-state index in [4.69, 9.17) is 4.74 Å². The molecule has 1 aromatic carbocycles. The quantitative estimate of drug-likeness (QED) is 0.853. The number of hydrogen-bond donors (Lipinski definition) is 1. The molecule has 0 unspecified atom stereocenters. The van der Waals surface area contributed by atoms with Crippen molar-refractivity contribution in [2.75, 3.05) is 20.2 Å². The van der Waals surface area contributed by atoms with E-state index in [0.29, 0.717) is 5.69 Å². The van der Waals surface area contributed by atoms with Crippen LogP contribution in [-0.4, -0.2) is 41.2 Å². The van der Waals surface area contributed by atoms with Gasteiger partial charge in [-0.1, -0.05) is 13.8 Å². The fourth-order valence-electron chi connectivity index (χ4n) is 2.37. The van der Waals surface area contributed by atoms with Crippen molar-refractivity contribution in [2.24, 2.45) is 0 Å². The summed E-state index contributed by atoms with van der Waals surface area (Å²) in [5.74, 6) is 0.809. The molecule has 5 heteroatoms. The van der Waals surface area contributed by atoms with E-state index in [1.54, 1.807) is 7.11 Å². The van der Waals surface area contributed by atoms with Crippen molar-refractivity contribution in [3.05, 3.63) is 36.0 Å². The highest BCUT2D eigenvalue weighted by atomic mass is 16.5. The number of carbonyl (C=O) groups is 1. The molecule has 0 spiro atoms. The number of nitrogens with one attached hydrogen (secondary N) is 1. The number of rotatable bonds is 7. The fourth-order valence-corrected chi connectivity index (χ4v) is 2.37. The molecule has 0 saturated carbocycles. The molecular weight excluding hydrogens is 278 g/mol. The maximum absolute atomic E-state index is 12.5. The zero-order chi connectivity index (χ0) is 15.9. The van der Waals surface area contributed by atoms with Crippen LogP contribution in [0.2, 0.25) is 0 Å². The number of benzene rings is 1. The van der Waals surface area contributed by atoms with Gasteiger partial charge >= 0.3 is 0 Å². The third-order valence-electron chi connectivity index (χ3n) is 3.47. The highest BCUT2D eigenvalue weighted by Crippen LogP contribution is 2.21. The van der Waals surface area contributed by atoms with Gasteiger partial charge in [-0.15, -0.1) is 0 Å². The molecule has 0 aliphatic rings. The van der Waals surface area contributed by atoms with Crippen molar-refractivity contribution in [2.45, 2.75) is 26.7 Å². The van der Waals surface area contributed by atoms with Gasteiger partial charge < -0.3 is 9.64 Å². The summed E-state index contributed by atoms with van der Waals surface area (Å²) in [4.78, 5) is 14.4. The van der Waals surface area contributed by atoms with Crippen molar-refractivity contribution >= 4 is 5.91 Å². The molecule has 1 N–H and O–H groups in total. The first kappa shape index (κ1) is 16.1. The highest BCUT2D eigenvalue weighted by molar-refractivity contribution is 5.93. The molecule has 2 aromatic rings. The molecule has 0 aliphatic heterocycles. The number of amides is 1. The minimum absolute atomic E-state index is 0.0101. The third-order valence-corrected chi connectivity index (χ3v) is 3.47. The van der Waals surface area contributed by atoms with Gasteiger partial charge in [0.2, 0.25) is 0 Å². The van der Waals surface area contributed by atoms with Gasteiger partial charge in [-0.05, 0) is 43.2 Å². The highest BCUT2D eigenvalue weighted by Gasteiger charge is 2.17. The van der Waals surface area contributed by atoms with Crippen molar-refractivity contribution in [3.8, 4) is 17.0 Å². The summed E-state index contributed by atoms with van der Waals surface area (Å²) in [6.07, 6.45) is 1.90. The second kappa shape index (κ2) is 7.64. The van der Waals surface area contributed by atoms with Crippen LogP contribution in [-0.2, 0) is 0 Å². The van der Waals surface area contributed by atoms with E-state index in [-0.39, 0.29) is 5.91 Å². The Kier molecular flexibility index (Phi) is 5.58. The lowest BCUT2D eigenvalue weighted by Crippen LogP contribution is -2.32. The minimum Gasteiger partial charge on any atom is -0.497 e. The number of carbonyl (C=O) groups excluding carboxylic acids is 1. The van der Waals surface area contributed by atoms with Gasteiger partial charge in [-0.25, -0.2) is 0 Å². The molecule has 0 aliphatic carbocycles. The number of aromatic amines is 1. The Hall–Kier alpha value is -2.30. The average molecular weight is 301 g/mol. The maximum atomic E-state index is 12.5. The molecular formula is C17H23N3O2. The number of H-pyrrole nitrogens is 1. The van der Waals surface area contributed by atoms with Gasteiger partial charge in [0.25, 0.3) is 5.91 Å². The minimum atomic E-state index is 0.0101. The second-order valence-electron chi connectivity index (χ2n) is 5.19. The number of nitrogens with zero attached hydrogens (tertiary/aromatic N) is 2. The van der Waals surface area contributed by atoms with Crippen molar-refractivity contribution in [3.63, 3.8) is 0 Å². The normalized spacial score (nSPS) is 10.5. The first-order valence-corrected chi connectivity index (χ1v) is 7.68. The Morgan fingerprint density at radius 3 is 2.36 bits per heavy atom. The van der Waals surface area contributed by atoms with Crippen LogP contribution in [0.5, 0.6) is 5.75 Å². The molecule has 0 atom stereocenters. The first-order valence-electron chi connectivity index (χ1n) is 7.68. The van der Waals surface area contributed by atoms with Gasteiger partial charge in [-0.3, -0.25) is 9.89 Å². The number of methoxy groups -OCH3 is 1. The largest absolute Gasteiger partial charge is 0.497 e. The van der Waals surface area contributed by atoms with Gasteiger partial charge in [0, 0.05) is 18.7 Å². The van der Waals surface area contributed by atoms with Crippen LogP contribution >= 0.6 is 0 Å². The van der Waals surface area contributed by atoms with E-state index >= 15 is 0 Å². The summed E-state index contributed by atoms with van der Waals surface area (Å²) >= 11 is 0. The van der Waals surface area contributed by atoms with Crippen LogP contribution in [0.25, 0.3) is 11.3 Å². The Labute approximate surface area is 131 Å². The van der Waals surface area contributed by atoms with E-state index < -0.39 is 0 Å². The predicted octanol–water partition coefficient (Wildman–Crippen LogP) is 3.35. The van der Waals surface area contributed by atoms with Crippen LogP contribution in [0.15, 0.2) is 30.3 Å². The Morgan fingerprint density at radius 1 is 1.18 bits per heavy atom. The number of hydrogen-bond acceptors (Lipinski definition) is 3. The number of aromatic nitrogens is 2. The molecule has 2 rings (SSSR count). The SMILES string of the molecule is CCCN(CCC)C(=O)c1cc(-c2ccc(OC)cc2)n[nH]1. The standard InChI is InChI=1S/C17H23N3O2/c1-4-10-20(11-5-2)17(21)16-12-15(18-19-16)13-6-8-14(22-3)9-7-13/h6-9,12H,4-5,10-11H2,1-3H3,(H,18,19). The predicted molar refractivity (Wildman–Crippen MR) is 87.1 cm³/mol. The van der Waals surface area contributed by atoms with E-state index in [1.165, 1.54) is 0 Å². The number of ether oxygens (including phenoxy) is 1. The topological polar surface area (TPSA) is 58.2 Å². The lowest BCUT2D eigenvalue weighted by atomic mass is 10.1. The Bertz CT molecular complexity index is 599. The van der Waals surface area contributed by atoms with E-state index in [9.17, 15) is 4.79 Å². The van der Waals surface area contributed by atoms with Gasteiger partial charge in [0.1, 0.15) is 11.4 Å². The van der Waals surface area contributed by atoms with Crippen molar-refractivity contribution < 1.29 is 9.53 Å². The summed E-state index contributed by atoms with van der Waals surface area (Å²) in [5, 5.41) is 7.11. The lowest BCUT2D eigenvalue weighted by molar-refractivity contribution is 0.0749. The fraction of sp³-hybridized carbons (Fsp3) is 0.412. The molecule has 1 heterocycles. The molecule has 22 heavy (non-hydrogen) atoms. The smallest absolute Gasteiger partial charge is 0.271 e. The monoisotopic (exact) mass is 301 g/mol. The van der Waals surface area contributed by atoms with Crippen molar-refractivity contribution in [1.29, 1.82) is 0 Å².